The van der Waals surface area contributed by atoms with Gasteiger partial charge >= 0.3 is 0 Å². The predicted molar refractivity (Wildman–Crippen MR) is 109 cm³/mol. The van der Waals surface area contributed by atoms with Gasteiger partial charge in [-0.25, -0.2) is 5.43 Å². The van der Waals surface area contributed by atoms with E-state index in [1.54, 1.807) is 18.4 Å². The highest BCUT2D eigenvalue weighted by Crippen LogP contribution is 2.26. The number of aromatic nitrogens is 1. The highest BCUT2D eigenvalue weighted by atomic mass is 16.3. The largest absolute Gasteiger partial charge is 0.463 e. The van der Waals surface area contributed by atoms with Crippen molar-refractivity contribution in [2.45, 2.75) is 6.54 Å². The van der Waals surface area contributed by atoms with Crippen LogP contribution in [0.1, 0.15) is 16.9 Å². The molecular weight excluding hydrogens is 350 g/mol. The second kappa shape index (κ2) is 6.70. The fraction of sp³-hybridized carbons (Fsp3) is 0.0435. The number of carbonyl (C=O) groups is 1. The van der Waals surface area contributed by atoms with Gasteiger partial charge < -0.3 is 8.98 Å². The average Bonchev–Trinajstić information content (AvgIpc) is 3.45. The number of amides is 1. The van der Waals surface area contributed by atoms with Gasteiger partial charge in [-0.3, -0.25) is 4.79 Å². The molecule has 2 aromatic heterocycles. The number of para-hydroxylation sites is 1. The molecule has 1 N–H and O–H groups in total. The molecule has 4 aromatic rings. The van der Waals surface area contributed by atoms with Crippen molar-refractivity contribution in [3.63, 3.8) is 0 Å². The summed E-state index contributed by atoms with van der Waals surface area (Å²) in [4.78, 5) is 12.4. The van der Waals surface area contributed by atoms with Gasteiger partial charge in [0.2, 0.25) is 0 Å². The second-order valence-electron chi connectivity index (χ2n) is 6.65. The molecule has 0 spiro atoms. The van der Waals surface area contributed by atoms with Crippen molar-refractivity contribution in [3.8, 4) is 0 Å². The zero-order chi connectivity index (χ0) is 18.9. The molecule has 5 nitrogen and oxygen atoms in total. The molecule has 2 aromatic carbocycles. The Labute approximate surface area is 161 Å². The smallest absolute Gasteiger partial charge is 0.273 e. The summed E-state index contributed by atoms with van der Waals surface area (Å²) in [6, 6.07) is 22.1. The number of carbonyl (C=O) groups excluding carboxylic acids is 1. The monoisotopic (exact) mass is 367 g/mol. The number of nitrogens with one attached hydrogen (secondary N) is 1. The molecule has 0 bridgehead atoms. The maximum atomic E-state index is 12.4. The lowest BCUT2D eigenvalue weighted by molar-refractivity contribution is -0.116. The first-order valence-corrected chi connectivity index (χ1v) is 9.05. The number of rotatable bonds is 4. The summed E-state index contributed by atoms with van der Waals surface area (Å²) >= 11 is 0. The van der Waals surface area contributed by atoms with E-state index in [2.05, 4.69) is 45.6 Å². The first-order chi connectivity index (χ1) is 13.8. The third kappa shape index (κ3) is 2.83. The van der Waals surface area contributed by atoms with Crippen LogP contribution in [0.3, 0.4) is 0 Å². The van der Waals surface area contributed by atoms with Crippen LogP contribution in [0.2, 0.25) is 0 Å². The molecule has 3 heterocycles. The van der Waals surface area contributed by atoms with E-state index in [0.29, 0.717) is 17.0 Å². The lowest BCUT2D eigenvalue weighted by atomic mass is 10.0. The molecule has 0 unspecified atom stereocenters. The zero-order valence-electron chi connectivity index (χ0n) is 15.0. The van der Waals surface area contributed by atoms with Crippen molar-refractivity contribution < 1.29 is 9.21 Å². The lowest BCUT2D eigenvalue weighted by Gasteiger charge is -2.05. The van der Waals surface area contributed by atoms with Crippen LogP contribution in [0, 0.1) is 0 Å². The van der Waals surface area contributed by atoms with E-state index in [4.69, 9.17) is 4.42 Å². The summed E-state index contributed by atoms with van der Waals surface area (Å²) in [5, 5.41) is 5.23. The van der Waals surface area contributed by atoms with E-state index < -0.39 is 0 Å². The quantitative estimate of drug-likeness (QED) is 0.550. The first kappa shape index (κ1) is 16.3. The van der Waals surface area contributed by atoms with Crippen LogP contribution in [0.4, 0.5) is 0 Å². The summed E-state index contributed by atoms with van der Waals surface area (Å²) in [7, 11) is 0. The molecule has 1 aliphatic heterocycles. The standard InChI is InChI=1S/C23H17N3O2/c27-23-19(22(24-25-23)21-11-6-12-28-21)13-17-15-26(14-16-7-2-1-3-8-16)20-10-5-4-9-18(17)20/h1-13,15H,14H2,(H,25,27)/b19-13-. The zero-order valence-corrected chi connectivity index (χ0v) is 15.0. The summed E-state index contributed by atoms with van der Waals surface area (Å²) in [5.74, 6) is 0.337. The molecule has 0 atom stereocenters. The molecule has 5 rings (SSSR count). The fourth-order valence-electron chi connectivity index (χ4n) is 3.53. The molecule has 0 radical (unpaired) electrons. The Morgan fingerprint density at radius 2 is 1.82 bits per heavy atom. The van der Waals surface area contributed by atoms with Gasteiger partial charge in [0, 0.05) is 29.2 Å². The van der Waals surface area contributed by atoms with E-state index in [0.717, 1.165) is 23.0 Å². The molecular formula is C23H17N3O2. The van der Waals surface area contributed by atoms with Crippen molar-refractivity contribution in [1.82, 2.24) is 9.99 Å². The minimum absolute atomic E-state index is 0.230. The van der Waals surface area contributed by atoms with E-state index in [-0.39, 0.29) is 5.91 Å². The van der Waals surface area contributed by atoms with E-state index in [9.17, 15) is 4.79 Å². The van der Waals surface area contributed by atoms with Gasteiger partial charge in [-0.1, -0.05) is 48.5 Å². The van der Waals surface area contributed by atoms with Gasteiger partial charge in [0.05, 0.1) is 11.8 Å². The molecule has 0 saturated carbocycles. The molecule has 0 fully saturated rings. The van der Waals surface area contributed by atoms with E-state index in [1.165, 1.54) is 5.56 Å². The third-order valence-electron chi connectivity index (χ3n) is 4.84. The minimum atomic E-state index is -0.230. The molecule has 28 heavy (non-hydrogen) atoms. The summed E-state index contributed by atoms with van der Waals surface area (Å²) in [6.07, 6.45) is 5.54. The number of hydrazone groups is 1. The Bertz CT molecular complexity index is 1220. The SMILES string of the molecule is O=C1NN=C(c2ccco2)/C1=C/c1cn(Cc2ccccc2)c2ccccc12. The van der Waals surface area contributed by atoms with E-state index >= 15 is 0 Å². The lowest BCUT2D eigenvalue weighted by Crippen LogP contribution is -2.13. The molecule has 0 saturated heterocycles. The average molecular weight is 367 g/mol. The summed E-state index contributed by atoms with van der Waals surface area (Å²) < 4.78 is 7.64. The van der Waals surface area contributed by atoms with Crippen LogP contribution in [0.15, 0.2) is 94.3 Å². The Balaban J connectivity index is 1.60. The van der Waals surface area contributed by atoms with Gasteiger partial charge in [-0.15, -0.1) is 0 Å². The number of fused-ring (bicyclic) bond motifs is 1. The number of furan rings is 1. The number of nitrogens with zero attached hydrogens (tertiary/aromatic N) is 2. The fourth-order valence-corrected chi connectivity index (χ4v) is 3.53. The van der Waals surface area contributed by atoms with Crippen LogP contribution in [0.5, 0.6) is 0 Å². The Morgan fingerprint density at radius 3 is 2.64 bits per heavy atom. The minimum Gasteiger partial charge on any atom is -0.463 e. The Morgan fingerprint density at radius 1 is 1.00 bits per heavy atom. The molecule has 1 amide bonds. The predicted octanol–water partition coefficient (Wildman–Crippen LogP) is 4.20. The van der Waals surface area contributed by atoms with Gasteiger partial charge in [0.15, 0.2) is 5.76 Å². The van der Waals surface area contributed by atoms with Crippen molar-refractivity contribution in [3.05, 3.63) is 102 Å². The Kier molecular flexibility index (Phi) is 3.91. The van der Waals surface area contributed by atoms with E-state index in [1.807, 2.05) is 36.4 Å². The highest BCUT2D eigenvalue weighted by molar-refractivity contribution is 6.32. The van der Waals surface area contributed by atoms with Crippen molar-refractivity contribution >= 4 is 28.6 Å². The maximum Gasteiger partial charge on any atom is 0.273 e. The molecule has 5 heteroatoms. The van der Waals surface area contributed by atoms with Crippen molar-refractivity contribution in [1.29, 1.82) is 0 Å². The number of benzene rings is 2. The van der Waals surface area contributed by atoms with Crippen LogP contribution >= 0.6 is 0 Å². The third-order valence-corrected chi connectivity index (χ3v) is 4.84. The van der Waals surface area contributed by atoms with Crippen molar-refractivity contribution in [2.75, 3.05) is 0 Å². The molecule has 1 aliphatic rings. The van der Waals surface area contributed by atoms with Crippen LogP contribution in [-0.2, 0) is 11.3 Å². The van der Waals surface area contributed by atoms with Crippen LogP contribution in [-0.4, -0.2) is 16.2 Å². The van der Waals surface area contributed by atoms with Gasteiger partial charge in [0.25, 0.3) is 5.91 Å². The van der Waals surface area contributed by atoms with Gasteiger partial charge in [-0.05, 0) is 29.8 Å². The second-order valence-corrected chi connectivity index (χ2v) is 6.65. The topological polar surface area (TPSA) is 59.5 Å². The Hall–Kier alpha value is -3.86. The first-order valence-electron chi connectivity index (χ1n) is 9.05. The summed E-state index contributed by atoms with van der Waals surface area (Å²) in [6.45, 7) is 0.760. The summed E-state index contributed by atoms with van der Waals surface area (Å²) in [5.41, 5.74) is 6.87. The van der Waals surface area contributed by atoms with Crippen LogP contribution < -0.4 is 5.43 Å². The van der Waals surface area contributed by atoms with Crippen LogP contribution in [0.25, 0.3) is 17.0 Å². The maximum absolute atomic E-state index is 12.4. The molecule has 136 valence electrons. The number of hydrogen-bond donors (Lipinski definition) is 1. The van der Waals surface area contributed by atoms with Crippen molar-refractivity contribution in [2.24, 2.45) is 5.10 Å². The highest BCUT2D eigenvalue weighted by Gasteiger charge is 2.26. The molecule has 0 aliphatic carbocycles. The van der Waals surface area contributed by atoms with Gasteiger partial charge in [0.1, 0.15) is 5.71 Å². The van der Waals surface area contributed by atoms with Gasteiger partial charge in [-0.2, -0.15) is 5.10 Å². The normalized spacial score (nSPS) is 15.2. The number of hydrogen-bond acceptors (Lipinski definition) is 3.